The second-order valence-corrected chi connectivity index (χ2v) is 4.66. The first kappa shape index (κ1) is 12.9. The lowest BCUT2D eigenvalue weighted by Gasteiger charge is -2.13. The Morgan fingerprint density at radius 3 is 2.50 bits per heavy atom. The van der Waals surface area contributed by atoms with Crippen molar-refractivity contribution in [2.75, 3.05) is 0 Å². The fourth-order valence-corrected chi connectivity index (χ4v) is 1.95. The zero-order valence-electron chi connectivity index (χ0n) is 8.41. The Kier molecular flexibility index (Phi) is 4.68. The van der Waals surface area contributed by atoms with Crippen LogP contribution in [0.1, 0.15) is 6.92 Å². The maximum Gasteiger partial charge on any atom is 0.593 e. The van der Waals surface area contributed by atoms with Gasteiger partial charge in [-0.1, -0.05) is 18.2 Å². The van der Waals surface area contributed by atoms with Gasteiger partial charge in [0, 0.05) is 0 Å². The lowest BCUT2D eigenvalue weighted by Crippen LogP contribution is -2.35. The molecule has 16 heavy (non-hydrogen) atoms. The topological polar surface area (TPSA) is 66.8 Å². The standard InChI is InChI=1S/C9H9ClNO4P/c1-7(9(12)13)11(16(10)14)15-8-5-3-2-4-6-8/h2-7H,1H3/p+1/t7-/m0/s1. The molecule has 1 rings (SSSR count). The Labute approximate surface area is 98.2 Å². The first-order valence-electron chi connectivity index (χ1n) is 4.40. The van der Waals surface area contributed by atoms with E-state index >= 15 is 0 Å². The summed E-state index contributed by atoms with van der Waals surface area (Å²) >= 11 is 5.38. The van der Waals surface area contributed by atoms with E-state index < -0.39 is 19.3 Å². The first-order valence-corrected chi connectivity index (χ1v) is 6.52. The molecule has 0 aliphatic rings. The van der Waals surface area contributed by atoms with Gasteiger partial charge >= 0.3 is 13.3 Å². The van der Waals surface area contributed by atoms with E-state index in [2.05, 4.69) is 0 Å². The summed E-state index contributed by atoms with van der Waals surface area (Å²) in [6.45, 7) is 1.33. The second-order valence-electron chi connectivity index (χ2n) is 2.95. The number of carboxylic acids is 1. The third-order valence-electron chi connectivity index (χ3n) is 1.79. The summed E-state index contributed by atoms with van der Waals surface area (Å²) < 4.78 is 11.1. The number of nitrogens with zero attached hydrogens (tertiary/aromatic N) is 1. The summed E-state index contributed by atoms with van der Waals surface area (Å²) in [7, 11) is -2.41. The molecule has 0 heterocycles. The lowest BCUT2D eigenvalue weighted by atomic mass is 10.3. The fourth-order valence-electron chi connectivity index (χ4n) is 0.931. The Morgan fingerprint density at radius 1 is 1.50 bits per heavy atom. The van der Waals surface area contributed by atoms with E-state index in [1.165, 1.54) is 6.92 Å². The highest BCUT2D eigenvalue weighted by Gasteiger charge is 2.39. The van der Waals surface area contributed by atoms with E-state index in [1.54, 1.807) is 30.3 Å². The van der Waals surface area contributed by atoms with Crippen LogP contribution in [0, 0.1) is 0 Å². The van der Waals surface area contributed by atoms with Crippen LogP contribution in [0.15, 0.2) is 30.3 Å². The van der Waals surface area contributed by atoms with Crippen molar-refractivity contribution in [3.05, 3.63) is 30.3 Å². The number of rotatable bonds is 5. The minimum Gasteiger partial charge on any atom is -0.480 e. The normalized spacial score (nSPS) is 13.3. The molecule has 5 nitrogen and oxygen atoms in total. The van der Waals surface area contributed by atoms with Gasteiger partial charge in [-0.25, -0.2) is 0 Å². The molecular weight excluding hydrogens is 253 g/mol. The molecule has 0 amide bonds. The van der Waals surface area contributed by atoms with Crippen LogP contribution < -0.4 is 4.84 Å². The molecular formula is C9H10ClNO4P+. The smallest absolute Gasteiger partial charge is 0.480 e. The van der Waals surface area contributed by atoms with E-state index in [9.17, 15) is 9.36 Å². The predicted octanol–water partition coefficient (Wildman–Crippen LogP) is 2.65. The van der Waals surface area contributed by atoms with Crippen molar-refractivity contribution < 1.29 is 19.3 Å². The molecule has 86 valence electrons. The third-order valence-corrected chi connectivity index (χ3v) is 2.97. The van der Waals surface area contributed by atoms with Gasteiger partial charge in [-0.15, -0.1) is 0 Å². The van der Waals surface area contributed by atoms with Gasteiger partial charge in [0.25, 0.3) is 0 Å². The van der Waals surface area contributed by atoms with Crippen LogP contribution in [0.5, 0.6) is 5.75 Å². The highest BCUT2D eigenvalue weighted by molar-refractivity contribution is 7.71. The average molecular weight is 263 g/mol. The summed E-state index contributed by atoms with van der Waals surface area (Å²) in [6.07, 6.45) is 0. The molecule has 0 aliphatic carbocycles. The van der Waals surface area contributed by atoms with Crippen LogP contribution in [0.25, 0.3) is 0 Å². The van der Waals surface area contributed by atoms with Crippen LogP contribution in [-0.4, -0.2) is 22.0 Å². The SMILES string of the molecule is C[C@@H](C(=O)O)N(Oc1ccccc1)[P+](=O)Cl. The maximum atomic E-state index is 11.1. The first-order chi connectivity index (χ1) is 7.52. The van der Waals surface area contributed by atoms with Crippen molar-refractivity contribution in [2.24, 2.45) is 0 Å². The van der Waals surface area contributed by atoms with Crippen molar-refractivity contribution in [3.63, 3.8) is 0 Å². The predicted molar refractivity (Wildman–Crippen MR) is 59.5 cm³/mol. The van der Waals surface area contributed by atoms with Gasteiger partial charge in [0.05, 0.1) is 0 Å². The number of para-hydroxylation sites is 1. The Balaban J connectivity index is 2.81. The summed E-state index contributed by atoms with van der Waals surface area (Å²) in [5.41, 5.74) is 0. The molecule has 0 fully saturated rings. The zero-order valence-corrected chi connectivity index (χ0v) is 10.1. The number of aliphatic carboxylic acids is 1. The summed E-state index contributed by atoms with van der Waals surface area (Å²) in [4.78, 5) is 16.6. The molecule has 0 bridgehead atoms. The molecule has 2 atom stereocenters. The maximum absolute atomic E-state index is 11.1. The van der Waals surface area contributed by atoms with Crippen molar-refractivity contribution in [1.82, 2.24) is 4.83 Å². The third kappa shape index (κ3) is 3.45. The number of halogens is 1. The summed E-state index contributed by atoms with van der Waals surface area (Å²) in [5.74, 6) is -0.792. The van der Waals surface area contributed by atoms with Gasteiger partial charge in [0.1, 0.15) is 4.83 Å². The molecule has 0 saturated carbocycles. The van der Waals surface area contributed by atoms with Crippen LogP contribution >= 0.6 is 18.5 Å². The molecule has 0 aromatic heterocycles. The lowest BCUT2D eigenvalue weighted by molar-refractivity contribution is -0.147. The van der Waals surface area contributed by atoms with E-state index in [0.717, 1.165) is 4.83 Å². The van der Waals surface area contributed by atoms with Crippen LogP contribution in [-0.2, 0) is 9.36 Å². The van der Waals surface area contributed by atoms with E-state index in [4.69, 9.17) is 21.2 Å². The summed E-state index contributed by atoms with van der Waals surface area (Å²) in [5, 5.41) is 8.77. The minimum absolute atomic E-state index is 0.375. The van der Waals surface area contributed by atoms with Crippen LogP contribution in [0.4, 0.5) is 0 Å². The van der Waals surface area contributed by atoms with Gasteiger partial charge in [0.2, 0.25) is 11.2 Å². The Hall–Kier alpha value is -1.16. The molecule has 1 N–H and O–H groups in total. The molecule has 0 radical (unpaired) electrons. The van der Waals surface area contributed by atoms with Gasteiger partial charge in [-0.05, 0) is 23.6 Å². The monoisotopic (exact) mass is 262 g/mol. The molecule has 0 spiro atoms. The number of hydroxylamine groups is 1. The van der Waals surface area contributed by atoms with Crippen LogP contribution in [0.2, 0.25) is 0 Å². The molecule has 7 heteroatoms. The van der Waals surface area contributed by atoms with E-state index in [1.807, 2.05) is 0 Å². The number of hydrogen-bond donors (Lipinski definition) is 1. The molecule has 1 unspecified atom stereocenters. The van der Waals surface area contributed by atoms with E-state index in [-0.39, 0.29) is 0 Å². The number of hydrogen-bond acceptors (Lipinski definition) is 3. The molecule has 1 aromatic carbocycles. The summed E-state index contributed by atoms with van der Waals surface area (Å²) in [6, 6.07) is 7.31. The van der Waals surface area contributed by atoms with Crippen molar-refractivity contribution in [1.29, 1.82) is 0 Å². The van der Waals surface area contributed by atoms with Gasteiger partial charge in [-0.3, -0.25) is 4.79 Å². The van der Waals surface area contributed by atoms with Crippen molar-refractivity contribution in [3.8, 4) is 5.75 Å². The highest BCUT2D eigenvalue weighted by Crippen LogP contribution is 2.35. The van der Waals surface area contributed by atoms with Gasteiger partial charge < -0.3 is 9.94 Å². The minimum atomic E-state index is -2.41. The van der Waals surface area contributed by atoms with Gasteiger partial charge in [0.15, 0.2) is 11.8 Å². The molecule has 0 aliphatic heterocycles. The molecule has 1 aromatic rings. The number of benzene rings is 1. The fraction of sp³-hybridized carbons (Fsp3) is 0.222. The van der Waals surface area contributed by atoms with Crippen LogP contribution in [0.3, 0.4) is 0 Å². The second kappa shape index (κ2) is 5.80. The number of carboxylic acid groups (broad SMARTS) is 1. The largest absolute Gasteiger partial charge is 0.593 e. The quantitative estimate of drug-likeness (QED) is 0.653. The Bertz CT molecular complexity index is 386. The zero-order chi connectivity index (χ0) is 12.1. The highest BCUT2D eigenvalue weighted by atomic mass is 35.7. The average Bonchev–Trinajstić information content (AvgIpc) is 2.26. The number of carbonyl (C=O) groups is 1. The van der Waals surface area contributed by atoms with E-state index in [0.29, 0.717) is 5.75 Å². The molecule has 0 saturated heterocycles. The Morgan fingerprint density at radius 2 is 2.06 bits per heavy atom. The van der Waals surface area contributed by atoms with Gasteiger partial charge in [-0.2, -0.15) is 0 Å². The van der Waals surface area contributed by atoms with Crippen molar-refractivity contribution >= 4 is 24.5 Å². The van der Waals surface area contributed by atoms with Crippen molar-refractivity contribution in [2.45, 2.75) is 13.0 Å².